The molecule has 0 heterocycles. The van der Waals surface area contributed by atoms with Gasteiger partial charge in [0.05, 0.1) is 11.3 Å². The smallest absolute Gasteiger partial charge is 0.256 e. The summed E-state index contributed by atoms with van der Waals surface area (Å²) < 4.78 is 14.2. The molecule has 0 aromatic heterocycles. The van der Waals surface area contributed by atoms with Gasteiger partial charge in [-0.2, -0.15) is 0 Å². The van der Waals surface area contributed by atoms with E-state index in [1.165, 1.54) is 18.2 Å². The number of hydrogen-bond donors (Lipinski definition) is 3. The third-order valence-corrected chi connectivity index (χ3v) is 3.43. The summed E-state index contributed by atoms with van der Waals surface area (Å²) in [6, 6.07) is 8.16. The lowest BCUT2D eigenvalue weighted by atomic mass is 10.1. The van der Waals surface area contributed by atoms with E-state index in [-0.39, 0.29) is 16.8 Å². The number of nitrogens with two attached hydrogens (primary N) is 2. The maximum absolute atomic E-state index is 13.7. The number of nitrogens with one attached hydrogen (secondary N) is 1. The maximum atomic E-state index is 13.7. The molecule has 0 radical (unpaired) electrons. The van der Waals surface area contributed by atoms with Crippen LogP contribution in [-0.2, 0) is 0 Å². The zero-order valence-electron chi connectivity index (χ0n) is 10.7. The molecule has 0 saturated carbocycles. The van der Waals surface area contributed by atoms with Crippen molar-refractivity contribution in [2.24, 2.45) is 5.73 Å². The molecular weight excluding hydrogens is 341 g/mol. The summed E-state index contributed by atoms with van der Waals surface area (Å²) in [4.78, 5) is 23.2. The zero-order valence-corrected chi connectivity index (χ0v) is 12.3. The molecule has 2 amide bonds. The molecule has 0 atom stereocenters. The van der Waals surface area contributed by atoms with Crippen molar-refractivity contribution in [3.63, 3.8) is 0 Å². The van der Waals surface area contributed by atoms with Crippen molar-refractivity contribution in [2.75, 3.05) is 11.1 Å². The molecule has 0 spiro atoms. The molecule has 108 valence electrons. The number of carbonyl (C=O) groups is 2. The Morgan fingerprint density at radius 3 is 2.52 bits per heavy atom. The summed E-state index contributed by atoms with van der Waals surface area (Å²) in [7, 11) is 0. The van der Waals surface area contributed by atoms with Crippen LogP contribution in [0.25, 0.3) is 0 Å². The molecular formula is C14H11BrFN3O2. The van der Waals surface area contributed by atoms with Gasteiger partial charge in [0.2, 0.25) is 5.91 Å². The lowest BCUT2D eigenvalue weighted by molar-refractivity contribution is 0.0996. The van der Waals surface area contributed by atoms with Crippen molar-refractivity contribution < 1.29 is 14.0 Å². The second-order valence-electron chi connectivity index (χ2n) is 4.25. The molecule has 0 aliphatic carbocycles. The Balaban J connectivity index is 2.33. The fourth-order valence-electron chi connectivity index (χ4n) is 1.68. The molecule has 0 unspecified atom stereocenters. The topological polar surface area (TPSA) is 98.2 Å². The number of anilines is 2. The van der Waals surface area contributed by atoms with Crippen LogP contribution in [0.4, 0.5) is 15.8 Å². The fourth-order valence-corrected chi connectivity index (χ4v) is 2.11. The zero-order chi connectivity index (χ0) is 15.6. The first-order valence-electron chi connectivity index (χ1n) is 5.84. The number of amides is 2. The quantitative estimate of drug-likeness (QED) is 0.741. The summed E-state index contributed by atoms with van der Waals surface area (Å²) >= 11 is 3.22. The molecule has 21 heavy (non-hydrogen) atoms. The molecule has 0 bridgehead atoms. The van der Waals surface area contributed by atoms with E-state index in [1.54, 1.807) is 12.1 Å². The number of primary amides is 1. The molecule has 2 rings (SSSR count). The monoisotopic (exact) mass is 351 g/mol. The average Bonchev–Trinajstić information content (AvgIpc) is 2.43. The molecule has 5 nitrogen and oxygen atoms in total. The Morgan fingerprint density at radius 1 is 1.14 bits per heavy atom. The highest BCUT2D eigenvalue weighted by atomic mass is 79.9. The van der Waals surface area contributed by atoms with Crippen molar-refractivity contribution in [3.05, 3.63) is 57.8 Å². The Kier molecular flexibility index (Phi) is 4.23. The van der Waals surface area contributed by atoms with Gasteiger partial charge in [-0.25, -0.2) is 4.39 Å². The van der Waals surface area contributed by atoms with E-state index in [9.17, 15) is 14.0 Å². The summed E-state index contributed by atoms with van der Waals surface area (Å²) in [5.74, 6) is -1.95. The molecule has 2 aromatic carbocycles. The molecule has 2 aromatic rings. The summed E-state index contributed by atoms with van der Waals surface area (Å²) in [6.07, 6.45) is 0. The van der Waals surface area contributed by atoms with Crippen molar-refractivity contribution >= 4 is 39.1 Å². The third kappa shape index (κ3) is 3.38. The van der Waals surface area contributed by atoms with Crippen LogP contribution in [0.5, 0.6) is 0 Å². The van der Waals surface area contributed by atoms with E-state index in [0.29, 0.717) is 10.2 Å². The number of halogens is 2. The van der Waals surface area contributed by atoms with Crippen LogP contribution in [0, 0.1) is 5.82 Å². The van der Waals surface area contributed by atoms with Crippen LogP contribution in [0.15, 0.2) is 40.9 Å². The molecule has 5 N–H and O–H groups in total. The Bertz CT molecular complexity index is 734. The first-order chi connectivity index (χ1) is 9.88. The fraction of sp³-hybridized carbons (Fsp3) is 0. The van der Waals surface area contributed by atoms with E-state index in [0.717, 1.165) is 6.07 Å². The minimum Gasteiger partial charge on any atom is -0.399 e. The van der Waals surface area contributed by atoms with Crippen LogP contribution in [-0.4, -0.2) is 11.8 Å². The molecule has 0 saturated heterocycles. The second kappa shape index (κ2) is 5.92. The standard InChI is InChI=1S/C14H11BrFN3O2/c15-10-3-2-8(17)6-9(10)14(21)19-12-5-7(13(18)20)1-4-11(12)16/h1-6H,17H2,(H2,18,20)(H,19,21). The molecule has 0 fully saturated rings. The highest BCUT2D eigenvalue weighted by Crippen LogP contribution is 2.22. The van der Waals surface area contributed by atoms with E-state index in [4.69, 9.17) is 11.5 Å². The van der Waals surface area contributed by atoms with Crippen LogP contribution in [0.1, 0.15) is 20.7 Å². The van der Waals surface area contributed by atoms with Gasteiger partial charge < -0.3 is 16.8 Å². The largest absolute Gasteiger partial charge is 0.399 e. The van der Waals surface area contributed by atoms with Crippen LogP contribution < -0.4 is 16.8 Å². The van der Waals surface area contributed by atoms with Crippen LogP contribution >= 0.6 is 15.9 Å². The van der Waals surface area contributed by atoms with E-state index in [1.807, 2.05) is 0 Å². The Morgan fingerprint density at radius 2 is 1.86 bits per heavy atom. The van der Waals surface area contributed by atoms with Gasteiger partial charge in [-0.1, -0.05) is 0 Å². The minimum atomic E-state index is -0.712. The SMILES string of the molecule is NC(=O)c1ccc(F)c(NC(=O)c2cc(N)ccc2Br)c1. The van der Waals surface area contributed by atoms with E-state index >= 15 is 0 Å². The normalized spacial score (nSPS) is 10.2. The maximum Gasteiger partial charge on any atom is 0.256 e. The van der Waals surface area contributed by atoms with Gasteiger partial charge in [0.15, 0.2) is 0 Å². The van der Waals surface area contributed by atoms with E-state index < -0.39 is 17.6 Å². The lowest BCUT2D eigenvalue weighted by Gasteiger charge is -2.09. The van der Waals surface area contributed by atoms with Gasteiger partial charge in [0.25, 0.3) is 5.91 Å². The van der Waals surface area contributed by atoms with E-state index in [2.05, 4.69) is 21.2 Å². The first-order valence-corrected chi connectivity index (χ1v) is 6.63. The highest BCUT2D eigenvalue weighted by molar-refractivity contribution is 9.10. The van der Waals surface area contributed by atoms with Gasteiger partial charge in [-0.3, -0.25) is 9.59 Å². The summed E-state index contributed by atoms with van der Waals surface area (Å²) in [5.41, 5.74) is 11.3. The Hall–Kier alpha value is -2.41. The minimum absolute atomic E-state index is 0.0957. The number of hydrogen-bond acceptors (Lipinski definition) is 3. The summed E-state index contributed by atoms with van der Waals surface area (Å²) in [6.45, 7) is 0. The number of benzene rings is 2. The van der Waals surface area contributed by atoms with Crippen molar-refractivity contribution in [1.29, 1.82) is 0 Å². The predicted octanol–water partition coefficient (Wildman–Crippen LogP) is 2.52. The summed E-state index contributed by atoms with van der Waals surface area (Å²) in [5, 5.41) is 2.38. The lowest BCUT2D eigenvalue weighted by Crippen LogP contribution is -2.16. The molecule has 7 heteroatoms. The van der Waals surface area contributed by atoms with Crippen molar-refractivity contribution in [1.82, 2.24) is 0 Å². The number of rotatable bonds is 3. The van der Waals surface area contributed by atoms with Gasteiger partial charge in [0.1, 0.15) is 5.82 Å². The Labute approximate surface area is 128 Å². The molecule has 0 aliphatic rings. The highest BCUT2D eigenvalue weighted by Gasteiger charge is 2.14. The molecule has 0 aliphatic heterocycles. The van der Waals surface area contributed by atoms with Gasteiger partial charge in [-0.05, 0) is 52.3 Å². The van der Waals surface area contributed by atoms with Crippen LogP contribution in [0.2, 0.25) is 0 Å². The van der Waals surface area contributed by atoms with Gasteiger partial charge >= 0.3 is 0 Å². The van der Waals surface area contributed by atoms with Gasteiger partial charge in [0, 0.05) is 15.7 Å². The predicted molar refractivity (Wildman–Crippen MR) is 81.4 cm³/mol. The number of nitrogen functional groups attached to an aromatic ring is 1. The first kappa shape index (κ1) is 15.0. The average molecular weight is 352 g/mol. The van der Waals surface area contributed by atoms with Gasteiger partial charge in [-0.15, -0.1) is 0 Å². The third-order valence-electron chi connectivity index (χ3n) is 2.73. The van der Waals surface area contributed by atoms with Crippen molar-refractivity contribution in [3.8, 4) is 0 Å². The van der Waals surface area contributed by atoms with Crippen molar-refractivity contribution in [2.45, 2.75) is 0 Å². The van der Waals surface area contributed by atoms with Crippen LogP contribution in [0.3, 0.4) is 0 Å². The number of carbonyl (C=O) groups excluding carboxylic acids is 2. The second-order valence-corrected chi connectivity index (χ2v) is 5.11.